The minimum Gasteiger partial charge on any atom is -0.388 e. The Bertz CT molecular complexity index is 631. The van der Waals surface area contributed by atoms with Crippen molar-refractivity contribution in [3.63, 3.8) is 0 Å². The van der Waals surface area contributed by atoms with E-state index in [1.807, 2.05) is 30.3 Å². The zero-order valence-electron chi connectivity index (χ0n) is 17.3. The number of aliphatic hydroxyl groups excluding tert-OH is 1. The summed E-state index contributed by atoms with van der Waals surface area (Å²) in [5.41, 5.74) is 0.0152. The molecule has 0 aliphatic carbocycles. The molecule has 6 heteroatoms. The molecule has 2 aliphatic heterocycles. The lowest BCUT2D eigenvalue weighted by atomic mass is 9.87. The summed E-state index contributed by atoms with van der Waals surface area (Å²) < 4.78 is 0. The standard InChI is InChI=1S/C22H35N3O3/c1-18(2)24-14-12-23(13-15-24)17-22(28)10-11-25(16-20(22)26)21(27)9-8-19-6-4-3-5-7-19/h3-7,18,20,26,28H,8-17H2,1-2H3/t20-,22-/m0/s1. The van der Waals surface area contributed by atoms with Gasteiger partial charge < -0.3 is 15.1 Å². The number of hydrogen-bond donors (Lipinski definition) is 2. The Morgan fingerprint density at radius 1 is 1.14 bits per heavy atom. The maximum atomic E-state index is 12.5. The Morgan fingerprint density at radius 3 is 2.43 bits per heavy atom. The summed E-state index contributed by atoms with van der Waals surface area (Å²) in [6, 6.07) is 10.5. The van der Waals surface area contributed by atoms with Crippen LogP contribution in [0.5, 0.6) is 0 Å². The molecule has 2 N–H and O–H groups in total. The first-order chi connectivity index (χ1) is 13.4. The van der Waals surface area contributed by atoms with Crippen LogP contribution in [0, 0.1) is 0 Å². The van der Waals surface area contributed by atoms with E-state index in [0.717, 1.165) is 31.7 Å². The first-order valence-corrected chi connectivity index (χ1v) is 10.6. The van der Waals surface area contributed by atoms with E-state index in [4.69, 9.17) is 0 Å². The van der Waals surface area contributed by atoms with Crippen molar-refractivity contribution in [1.82, 2.24) is 14.7 Å². The SMILES string of the molecule is CC(C)N1CCN(C[C@@]2(O)CCN(C(=O)CCc3ccccc3)C[C@@H]2O)CC1. The van der Waals surface area contributed by atoms with Gasteiger partial charge in [0.25, 0.3) is 0 Å². The van der Waals surface area contributed by atoms with Gasteiger partial charge in [0.2, 0.25) is 5.91 Å². The monoisotopic (exact) mass is 389 g/mol. The summed E-state index contributed by atoms with van der Waals surface area (Å²) >= 11 is 0. The van der Waals surface area contributed by atoms with Gasteiger partial charge in [-0.25, -0.2) is 0 Å². The maximum absolute atomic E-state index is 12.5. The van der Waals surface area contributed by atoms with Crippen molar-refractivity contribution < 1.29 is 15.0 Å². The number of hydrogen-bond acceptors (Lipinski definition) is 5. The van der Waals surface area contributed by atoms with Gasteiger partial charge in [-0.05, 0) is 32.3 Å². The number of carbonyl (C=O) groups excluding carboxylic acids is 1. The Labute approximate surface area is 168 Å². The fraction of sp³-hybridized carbons (Fsp3) is 0.682. The fourth-order valence-corrected chi connectivity index (χ4v) is 4.26. The van der Waals surface area contributed by atoms with Gasteiger partial charge in [0.1, 0.15) is 11.7 Å². The second kappa shape index (κ2) is 9.35. The molecule has 2 aliphatic rings. The fourth-order valence-electron chi connectivity index (χ4n) is 4.26. The average Bonchev–Trinajstić information content (AvgIpc) is 2.69. The number of nitrogens with zero attached hydrogens (tertiary/aromatic N) is 3. The molecule has 2 fully saturated rings. The van der Waals surface area contributed by atoms with Gasteiger partial charge in [0.05, 0.1) is 0 Å². The molecule has 0 bridgehead atoms. The van der Waals surface area contributed by atoms with Crippen molar-refractivity contribution in [3.8, 4) is 0 Å². The Kier molecular flexibility index (Phi) is 7.10. The number of β-amino-alcohol motifs (C(OH)–C–C–N with tert-alkyl or cyclic N) is 2. The van der Waals surface area contributed by atoms with Gasteiger partial charge in [-0.1, -0.05) is 30.3 Å². The van der Waals surface area contributed by atoms with E-state index in [9.17, 15) is 15.0 Å². The third-order valence-corrected chi connectivity index (χ3v) is 6.29. The number of aryl methyl sites for hydroxylation is 1. The van der Waals surface area contributed by atoms with E-state index in [-0.39, 0.29) is 12.5 Å². The van der Waals surface area contributed by atoms with Gasteiger partial charge in [-0.2, -0.15) is 0 Å². The summed E-state index contributed by atoms with van der Waals surface area (Å²) in [5, 5.41) is 21.7. The van der Waals surface area contributed by atoms with Crippen molar-refractivity contribution in [2.24, 2.45) is 0 Å². The zero-order valence-corrected chi connectivity index (χ0v) is 17.3. The summed E-state index contributed by atoms with van der Waals surface area (Å²) in [4.78, 5) is 18.9. The second-order valence-corrected chi connectivity index (χ2v) is 8.60. The lowest BCUT2D eigenvalue weighted by Crippen LogP contribution is -2.62. The number of aliphatic hydroxyl groups is 2. The lowest BCUT2D eigenvalue weighted by molar-refractivity contribution is -0.154. The third-order valence-electron chi connectivity index (χ3n) is 6.29. The average molecular weight is 390 g/mol. The molecular weight excluding hydrogens is 354 g/mol. The minimum atomic E-state index is -1.13. The highest BCUT2D eigenvalue weighted by Crippen LogP contribution is 2.25. The van der Waals surface area contributed by atoms with Crippen LogP contribution < -0.4 is 0 Å². The van der Waals surface area contributed by atoms with Crippen LogP contribution >= 0.6 is 0 Å². The van der Waals surface area contributed by atoms with E-state index in [2.05, 4.69) is 23.6 Å². The normalized spacial score (nSPS) is 27.3. The number of benzene rings is 1. The van der Waals surface area contributed by atoms with Crippen molar-refractivity contribution >= 4 is 5.91 Å². The lowest BCUT2D eigenvalue weighted by Gasteiger charge is -2.46. The van der Waals surface area contributed by atoms with E-state index in [1.165, 1.54) is 0 Å². The quantitative estimate of drug-likeness (QED) is 0.759. The van der Waals surface area contributed by atoms with Crippen LogP contribution in [0.15, 0.2) is 30.3 Å². The maximum Gasteiger partial charge on any atom is 0.222 e. The molecule has 2 atom stereocenters. The first kappa shape index (κ1) is 21.2. The summed E-state index contributed by atoms with van der Waals surface area (Å²) in [5.74, 6) is 0.0514. The smallest absolute Gasteiger partial charge is 0.222 e. The first-order valence-electron chi connectivity index (χ1n) is 10.6. The Balaban J connectivity index is 1.46. The largest absolute Gasteiger partial charge is 0.388 e. The van der Waals surface area contributed by atoms with Gasteiger partial charge >= 0.3 is 0 Å². The van der Waals surface area contributed by atoms with Crippen molar-refractivity contribution in [3.05, 3.63) is 35.9 Å². The van der Waals surface area contributed by atoms with Gasteiger partial charge in [-0.15, -0.1) is 0 Å². The number of piperidine rings is 1. The van der Waals surface area contributed by atoms with Crippen LogP contribution in [0.2, 0.25) is 0 Å². The topological polar surface area (TPSA) is 67.2 Å². The highest BCUT2D eigenvalue weighted by molar-refractivity contribution is 5.76. The number of carbonyl (C=O) groups is 1. The molecule has 2 heterocycles. The molecule has 1 amide bonds. The molecule has 0 spiro atoms. The number of rotatable bonds is 6. The predicted octanol–water partition coefficient (Wildman–Crippen LogP) is 0.969. The highest BCUT2D eigenvalue weighted by Gasteiger charge is 2.43. The van der Waals surface area contributed by atoms with Crippen LogP contribution in [0.1, 0.15) is 32.3 Å². The van der Waals surface area contributed by atoms with E-state index >= 15 is 0 Å². The summed E-state index contributed by atoms with van der Waals surface area (Å²) in [6.45, 7) is 9.42. The Morgan fingerprint density at radius 2 is 1.82 bits per heavy atom. The van der Waals surface area contributed by atoms with E-state index in [0.29, 0.717) is 38.4 Å². The van der Waals surface area contributed by atoms with Crippen molar-refractivity contribution in [2.75, 3.05) is 45.8 Å². The molecule has 1 aromatic rings. The number of piperazine rings is 1. The summed E-state index contributed by atoms with van der Waals surface area (Å²) in [7, 11) is 0. The van der Waals surface area contributed by atoms with Crippen LogP contribution in [-0.2, 0) is 11.2 Å². The number of likely N-dealkylation sites (tertiary alicyclic amines) is 1. The molecule has 156 valence electrons. The third kappa shape index (κ3) is 5.32. The molecule has 2 saturated heterocycles. The molecule has 6 nitrogen and oxygen atoms in total. The molecule has 28 heavy (non-hydrogen) atoms. The number of amides is 1. The Hall–Kier alpha value is -1.47. The molecule has 3 rings (SSSR count). The van der Waals surface area contributed by atoms with Crippen LogP contribution in [0.3, 0.4) is 0 Å². The van der Waals surface area contributed by atoms with Crippen molar-refractivity contribution in [1.29, 1.82) is 0 Å². The highest BCUT2D eigenvalue weighted by atomic mass is 16.3. The van der Waals surface area contributed by atoms with Crippen LogP contribution in [-0.4, -0.2) is 94.4 Å². The van der Waals surface area contributed by atoms with Crippen molar-refractivity contribution in [2.45, 2.75) is 50.9 Å². The summed E-state index contributed by atoms with van der Waals surface area (Å²) in [6.07, 6.45) is 0.670. The molecule has 0 aromatic heterocycles. The van der Waals surface area contributed by atoms with Gasteiger partial charge in [0.15, 0.2) is 0 Å². The molecule has 0 unspecified atom stereocenters. The second-order valence-electron chi connectivity index (χ2n) is 8.60. The van der Waals surface area contributed by atoms with E-state index in [1.54, 1.807) is 4.90 Å². The zero-order chi connectivity index (χ0) is 20.1. The minimum absolute atomic E-state index is 0.0514. The molecular formula is C22H35N3O3. The van der Waals surface area contributed by atoms with Gasteiger partial charge in [0, 0.05) is 58.3 Å². The molecule has 1 aromatic carbocycles. The molecule has 0 saturated carbocycles. The van der Waals surface area contributed by atoms with Gasteiger partial charge in [-0.3, -0.25) is 14.6 Å². The predicted molar refractivity (Wildman–Crippen MR) is 110 cm³/mol. The van der Waals surface area contributed by atoms with E-state index < -0.39 is 11.7 Å². The van der Waals surface area contributed by atoms with Crippen LogP contribution in [0.25, 0.3) is 0 Å². The molecule has 0 radical (unpaired) electrons. The van der Waals surface area contributed by atoms with Crippen LogP contribution in [0.4, 0.5) is 0 Å².